The topological polar surface area (TPSA) is 85.3 Å². The first-order valence-corrected chi connectivity index (χ1v) is 8.34. The number of thioether (sulfide) groups is 1. The third-order valence-corrected chi connectivity index (χ3v) is 4.49. The van der Waals surface area contributed by atoms with Crippen LogP contribution in [0.1, 0.15) is 16.1 Å². The van der Waals surface area contributed by atoms with Crippen molar-refractivity contribution in [3.05, 3.63) is 59.9 Å². The molecule has 1 heterocycles. The molecule has 0 saturated carbocycles. The number of nitrogens with one attached hydrogen (secondary N) is 1. The zero-order chi connectivity index (χ0) is 17.1. The predicted octanol–water partition coefficient (Wildman–Crippen LogP) is 3.57. The van der Waals surface area contributed by atoms with E-state index in [0.717, 1.165) is 4.90 Å². The van der Waals surface area contributed by atoms with Gasteiger partial charge in [-0.1, -0.05) is 29.8 Å². The predicted molar refractivity (Wildman–Crippen MR) is 95.3 cm³/mol. The van der Waals surface area contributed by atoms with Crippen LogP contribution in [0.15, 0.2) is 57.8 Å². The Kier molecular flexibility index (Phi) is 4.57. The van der Waals surface area contributed by atoms with E-state index >= 15 is 0 Å². The fourth-order valence-corrected chi connectivity index (χ4v) is 3.00. The third kappa shape index (κ3) is 3.44. The molecular formula is C18H16N2O3S. The van der Waals surface area contributed by atoms with Crippen molar-refractivity contribution in [2.75, 3.05) is 11.1 Å². The van der Waals surface area contributed by atoms with Gasteiger partial charge in [-0.2, -0.15) is 0 Å². The molecule has 2 aromatic carbocycles. The van der Waals surface area contributed by atoms with Gasteiger partial charge in [-0.3, -0.25) is 9.59 Å². The van der Waals surface area contributed by atoms with Crippen LogP contribution < -0.4 is 11.1 Å². The lowest BCUT2D eigenvalue weighted by atomic mass is 10.2. The van der Waals surface area contributed by atoms with Crippen LogP contribution in [0.3, 0.4) is 0 Å². The molecule has 0 atom stereocenters. The number of benzene rings is 2. The fourth-order valence-electron chi connectivity index (χ4n) is 2.30. The van der Waals surface area contributed by atoms with Crippen molar-refractivity contribution < 1.29 is 14.0 Å². The molecule has 0 aliphatic rings. The van der Waals surface area contributed by atoms with Crippen molar-refractivity contribution in [2.24, 2.45) is 5.73 Å². The molecule has 3 N–H and O–H groups in total. The molecule has 5 nitrogen and oxygen atoms in total. The standard InChI is InChI=1S/C18H16N2O3S/c1-11-6-8-12(9-7-11)24-10-15(21)20-16-13-4-2-3-5-14(13)23-17(16)18(19)22/h2-9H,10H2,1H3,(H2,19,22)(H,20,21). The molecule has 3 rings (SSSR count). The maximum atomic E-state index is 12.2. The molecule has 24 heavy (non-hydrogen) atoms. The third-order valence-electron chi connectivity index (χ3n) is 3.47. The number of amides is 2. The van der Waals surface area contributed by atoms with E-state index in [1.807, 2.05) is 31.2 Å². The van der Waals surface area contributed by atoms with Gasteiger partial charge in [0.25, 0.3) is 5.91 Å². The van der Waals surface area contributed by atoms with E-state index < -0.39 is 5.91 Å². The lowest BCUT2D eigenvalue weighted by molar-refractivity contribution is -0.113. The molecule has 0 bridgehead atoms. The second-order valence-electron chi connectivity index (χ2n) is 5.32. The lowest BCUT2D eigenvalue weighted by Crippen LogP contribution is -2.18. The fraction of sp³-hybridized carbons (Fsp3) is 0.111. The Morgan fingerprint density at radius 1 is 1.12 bits per heavy atom. The summed E-state index contributed by atoms with van der Waals surface area (Å²) in [6.07, 6.45) is 0. The number of anilines is 1. The van der Waals surface area contributed by atoms with Crippen LogP contribution in [0.25, 0.3) is 11.0 Å². The van der Waals surface area contributed by atoms with E-state index in [-0.39, 0.29) is 17.4 Å². The van der Waals surface area contributed by atoms with Gasteiger partial charge in [0.15, 0.2) is 0 Å². The molecule has 0 aliphatic heterocycles. The molecule has 1 aromatic heterocycles. The number of primary amides is 1. The van der Waals surface area contributed by atoms with E-state index in [1.54, 1.807) is 24.3 Å². The minimum absolute atomic E-state index is 0.0371. The molecule has 0 fully saturated rings. The molecule has 0 radical (unpaired) electrons. The number of nitrogens with two attached hydrogens (primary N) is 1. The highest BCUT2D eigenvalue weighted by atomic mass is 32.2. The number of carbonyl (C=O) groups excluding carboxylic acids is 2. The summed E-state index contributed by atoms with van der Waals surface area (Å²) in [5.41, 5.74) is 7.34. The van der Waals surface area contributed by atoms with Gasteiger partial charge in [0, 0.05) is 10.3 Å². The second-order valence-corrected chi connectivity index (χ2v) is 6.37. The Morgan fingerprint density at radius 2 is 1.83 bits per heavy atom. The average molecular weight is 340 g/mol. The van der Waals surface area contributed by atoms with Gasteiger partial charge in [-0.15, -0.1) is 11.8 Å². The molecule has 3 aromatic rings. The van der Waals surface area contributed by atoms with Gasteiger partial charge < -0.3 is 15.5 Å². The first-order valence-electron chi connectivity index (χ1n) is 7.35. The smallest absolute Gasteiger partial charge is 0.286 e. The summed E-state index contributed by atoms with van der Waals surface area (Å²) in [4.78, 5) is 24.8. The number of para-hydroxylation sites is 1. The molecule has 0 unspecified atom stereocenters. The van der Waals surface area contributed by atoms with Crippen molar-refractivity contribution in [2.45, 2.75) is 11.8 Å². The van der Waals surface area contributed by atoms with Gasteiger partial charge in [-0.25, -0.2) is 0 Å². The molecule has 0 spiro atoms. The SMILES string of the molecule is Cc1ccc(SCC(=O)Nc2c(C(N)=O)oc3ccccc23)cc1. The van der Waals surface area contributed by atoms with Crippen LogP contribution >= 0.6 is 11.8 Å². The maximum absolute atomic E-state index is 12.2. The zero-order valence-corrected chi connectivity index (χ0v) is 13.9. The molecule has 2 amide bonds. The zero-order valence-electron chi connectivity index (χ0n) is 13.0. The minimum Gasteiger partial charge on any atom is -0.449 e. The van der Waals surface area contributed by atoms with Crippen molar-refractivity contribution in [1.82, 2.24) is 0 Å². The van der Waals surface area contributed by atoms with Gasteiger partial charge in [0.05, 0.1) is 5.75 Å². The summed E-state index contributed by atoms with van der Waals surface area (Å²) in [6, 6.07) is 15.0. The second kappa shape index (κ2) is 6.80. The van der Waals surface area contributed by atoms with Gasteiger partial charge >= 0.3 is 0 Å². The van der Waals surface area contributed by atoms with Gasteiger partial charge in [0.2, 0.25) is 11.7 Å². The number of hydrogen-bond donors (Lipinski definition) is 2. The summed E-state index contributed by atoms with van der Waals surface area (Å²) >= 11 is 1.42. The first kappa shape index (κ1) is 16.1. The molecule has 122 valence electrons. The lowest BCUT2D eigenvalue weighted by Gasteiger charge is -2.05. The largest absolute Gasteiger partial charge is 0.449 e. The van der Waals surface area contributed by atoms with Crippen LogP contribution in [-0.4, -0.2) is 17.6 Å². The van der Waals surface area contributed by atoms with Gasteiger partial charge in [0.1, 0.15) is 11.3 Å². The summed E-state index contributed by atoms with van der Waals surface area (Å²) < 4.78 is 5.44. The summed E-state index contributed by atoms with van der Waals surface area (Å²) in [7, 11) is 0. The highest BCUT2D eigenvalue weighted by molar-refractivity contribution is 8.00. The van der Waals surface area contributed by atoms with Crippen LogP contribution in [0.5, 0.6) is 0 Å². The molecule has 0 saturated heterocycles. The number of fused-ring (bicyclic) bond motifs is 1. The number of aryl methyl sites for hydroxylation is 1. The first-order chi connectivity index (χ1) is 11.5. The van der Waals surface area contributed by atoms with E-state index in [9.17, 15) is 9.59 Å². The quantitative estimate of drug-likeness (QED) is 0.695. The van der Waals surface area contributed by atoms with E-state index in [2.05, 4.69) is 5.32 Å². The van der Waals surface area contributed by atoms with Gasteiger partial charge in [-0.05, 0) is 31.2 Å². The molecule has 6 heteroatoms. The minimum atomic E-state index is -0.715. The molecule has 0 aliphatic carbocycles. The van der Waals surface area contributed by atoms with Crippen molar-refractivity contribution >= 4 is 40.2 Å². The molecular weight excluding hydrogens is 324 g/mol. The van der Waals surface area contributed by atoms with Crippen molar-refractivity contribution in [1.29, 1.82) is 0 Å². The summed E-state index contributed by atoms with van der Waals surface area (Å²) in [5.74, 6) is -0.756. The monoisotopic (exact) mass is 340 g/mol. The van der Waals surface area contributed by atoms with E-state index in [0.29, 0.717) is 16.7 Å². The Balaban J connectivity index is 1.76. The van der Waals surface area contributed by atoms with E-state index in [4.69, 9.17) is 10.2 Å². The average Bonchev–Trinajstić information content (AvgIpc) is 2.93. The number of carbonyl (C=O) groups is 2. The Bertz CT molecular complexity index is 900. The Morgan fingerprint density at radius 3 is 2.54 bits per heavy atom. The highest BCUT2D eigenvalue weighted by Gasteiger charge is 2.20. The Hall–Kier alpha value is -2.73. The highest BCUT2D eigenvalue weighted by Crippen LogP contribution is 2.31. The summed E-state index contributed by atoms with van der Waals surface area (Å²) in [6.45, 7) is 2.01. The van der Waals surface area contributed by atoms with Crippen LogP contribution in [0.4, 0.5) is 5.69 Å². The van der Waals surface area contributed by atoms with Crippen molar-refractivity contribution in [3.8, 4) is 0 Å². The Labute approximate surface area is 143 Å². The van der Waals surface area contributed by atoms with Crippen molar-refractivity contribution in [3.63, 3.8) is 0 Å². The number of furan rings is 1. The van der Waals surface area contributed by atoms with Crippen LogP contribution in [0.2, 0.25) is 0 Å². The number of hydrogen-bond acceptors (Lipinski definition) is 4. The van der Waals surface area contributed by atoms with Crippen LogP contribution in [0, 0.1) is 6.92 Å². The maximum Gasteiger partial charge on any atom is 0.286 e. The number of rotatable bonds is 5. The normalized spacial score (nSPS) is 10.7. The van der Waals surface area contributed by atoms with E-state index in [1.165, 1.54) is 17.3 Å². The van der Waals surface area contributed by atoms with Crippen LogP contribution in [-0.2, 0) is 4.79 Å². The summed E-state index contributed by atoms with van der Waals surface area (Å²) in [5, 5.41) is 3.39.